The predicted octanol–water partition coefficient (Wildman–Crippen LogP) is 5.00. The Morgan fingerprint density at radius 1 is 1.03 bits per heavy atom. The Morgan fingerprint density at radius 2 is 1.78 bits per heavy atom. The molecule has 0 fully saturated rings. The summed E-state index contributed by atoms with van der Waals surface area (Å²) in [6.07, 6.45) is 0.630. The number of rotatable bonds is 5. The summed E-state index contributed by atoms with van der Waals surface area (Å²) in [5, 5.41) is 3.23. The third-order valence-electron chi connectivity index (χ3n) is 5.33. The topological polar surface area (TPSA) is 75.7 Å². The number of hydrogen-bond acceptors (Lipinski definition) is 4. The van der Waals surface area contributed by atoms with E-state index in [1.807, 2.05) is 24.3 Å². The number of nitrogens with zero attached hydrogens (tertiary/aromatic N) is 1. The van der Waals surface area contributed by atoms with Crippen molar-refractivity contribution in [1.82, 2.24) is 4.31 Å². The lowest BCUT2D eigenvalue weighted by Crippen LogP contribution is -2.36. The van der Waals surface area contributed by atoms with Crippen molar-refractivity contribution in [3.8, 4) is 5.75 Å². The number of fused-ring (bicyclic) bond motifs is 1. The first-order valence-corrected chi connectivity index (χ1v) is 12.0. The van der Waals surface area contributed by atoms with E-state index >= 15 is 0 Å². The summed E-state index contributed by atoms with van der Waals surface area (Å²) in [7, 11) is -2.35. The van der Waals surface area contributed by atoms with Crippen LogP contribution in [0, 0.1) is 0 Å². The first-order chi connectivity index (χ1) is 15.3. The number of anilines is 1. The van der Waals surface area contributed by atoms with Crippen molar-refractivity contribution in [3.05, 3.63) is 87.4 Å². The Hall–Kier alpha value is -2.58. The van der Waals surface area contributed by atoms with Crippen molar-refractivity contribution in [3.63, 3.8) is 0 Å². The number of carbonyl (C=O) groups is 1. The van der Waals surface area contributed by atoms with Crippen LogP contribution in [0.1, 0.15) is 21.5 Å². The summed E-state index contributed by atoms with van der Waals surface area (Å²) in [5.74, 6) is -0.161. The van der Waals surface area contributed by atoms with E-state index in [2.05, 4.69) is 5.32 Å². The van der Waals surface area contributed by atoms with Gasteiger partial charge in [-0.05, 0) is 53.9 Å². The number of carbonyl (C=O) groups excluding carboxylic acids is 1. The number of halogens is 2. The number of hydrogen-bond donors (Lipinski definition) is 1. The van der Waals surface area contributed by atoms with E-state index in [4.69, 9.17) is 27.9 Å². The molecule has 1 amide bonds. The van der Waals surface area contributed by atoms with Crippen molar-refractivity contribution in [2.75, 3.05) is 19.0 Å². The molecule has 6 nitrogen and oxygen atoms in total. The van der Waals surface area contributed by atoms with Gasteiger partial charge < -0.3 is 10.1 Å². The predicted molar refractivity (Wildman–Crippen MR) is 125 cm³/mol. The van der Waals surface area contributed by atoms with Crippen molar-refractivity contribution in [2.45, 2.75) is 17.9 Å². The Balaban J connectivity index is 1.63. The van der Waals surface area contributed by atoms with Gasteiger partial charge in [0.05, 0.1) is 28.3 Å². The minimum atomic E-state index is -3.82. The SMILES string of the molecule is COc1ccc(Cl)cc1NC(=O)c1cc(S(=O)(=O)N2CCc3ccccc3C2)ccc1Cl. The third-order valence-corrected chi connectivity index (χ3v) is 7.73. The van der Waals surface area contributed by atoms with Gasteiger partial charge in [-0.15, -0.1) is 0 Å². The molecule has 0 spiro atoms. The fourth-order valence-corrected chi connectivity index (χ4v) is 5.45. The molecule has 0 aliphatic carbocycles. The van der Waals surface area contributed by atoms with E-state index in [0.717, 1.165) is 11.1 Å². The van der Waals surface area contributed by atoms with Gasteiger partial charge >= 0.3 is 0 Å². The van der Waals surface area contributed by atoms with Crippen LogP contribution in [0.3, 0.4) is 0 Å². The van der Waals surface area contributed by atoms with Crippen LogP contribution in [-0.2, 0) is 23.0 Å². The maximum Gasteiger partial charge on any atom is 0.257 e. The second-order valence-corrected chi connectivity index (χ2v) is 10.1. The maximum absolute atomic E-state index is 13.3. The van der Waals surface area contributed by atoms with Crippen LogP contribution in [0.5, 0.6) is 5.75 Å². The molecule has 0 unspecified atom stereocenters. The minimum Gasteiger partial charge on any atom is -0.495 e. The molecule has 3 aromatic carbocycles. The monoisotopic (exact) mass is 490 g/mol. The van der Waals surface area contributed by atoms with Crippen molar-refractivity contribution >= 4 is 44.8 Å². The molecule has 1 heterocycles. The van der Waals surface area contributed by atoms with E-state index in [9.17, 15) is 13.2 Å². The molecule has 0 bridgehead atoms. The highest BCUT2D eigenvalue weighted by atomic mass is 35.5. The van der Waals surface area contributed by atoms with Gasteiger partial charge in [-0.3, -0.25) is 4.79 Å². The smallest absolute Gasteiger partial charge is 0.257 e. The van der Waals surface area contributed by atoms with Gasteiger partial charge in [-0.25, -0.2) is 8.42 Å². The number of benzene rings is 3. The summed E-state index contributed by atoms with van der Waals surface area (Å²) < 4.78 is 33.3. The first-order valence-electron chi connectivity index (χ1n) is 9.81. The average Bonchev–Trinajstić information content (AvgIpc) is 2.79. The van der Waals surface area contributed by atoms with Gasteiger partial charge in [0, 0.05) is 18.1 Å². The molecule has 1 N–H and O–H groups in total. The highest BCUT2D eigenvalue weighted by Crippen LogP contribution is 2.31. The molecule has 0 radical (unpaired) electrons. The zero-order valence-corrected chi connectivity index (χ0v) is 19.5. The number of sulfonamides is 1. The van der Waals surface area contributed by atoms with Gasteiger partial charge in [-0.1, -0.05) is 47.5 Å². The normalized spacial score (nSPS) is 14.0. The van der Waals surface area contributed by atoms with Crippen LogP contribution in [0.2, 0.25) is 10.0 Å². The van der Waals surface area contributed by atoms with Crippen LogP contribution in [0.15, 0.2) is 65.6 Å². The lowest BCUT2D eigenvalue weighted by atomic mass is 10.0. The van der Waals surface area contributed by atoms with E-state index in [0.29, 0.717) is 29.4 Å². The molecule has 0 saturated carbocycles. The lowest BCUT2D eigenvalue weighted by Gasteiger charge is -2.28. The summed E-state index contributed by atoms with van der Waals surface area (Å²) >= 11 is 12.3. The number of nitrogens with one attached hydrogen (secondary N) is 1. The van der Waals surface area contributed by atoms with E-state index in [1.165, 1.54) is 35.7 Å². The van der Waals surface area contributed by atoms with Crippen molar-refractivity contribution in [2.24, 2.45) is 0 Å². The van der Waals surface area contributed by atoms with Crippen molar-refractivity contribution < 1.29 is 17.9 Å². The number of ether oxygens (including phenoxy) is 1. The molecule has 0 aromatic heterocycles. The molecule has 32 heavy (non-hydrogen) atoms. The summed E-state index contributed by atoms with van der Waals surface area (Å²) in [6.45, 7) is 0.644. The van der Waals surface area contributed by atoms with Crippen LogP contribution in [-0.4, -0.2) is 32.3 Å². The van der Waals surface area contributed by atoms with E-state index in [1.54, 1.807) is 12.1 Å². The summed E-state index contributed by atoms with van der Waals surface area (Å²) in [6, 6.07) is 16.7. The largest absolute Gasteiger partial charge is 0.495 e. The Labute approximate surface area is 196 Å². The summed E-state index contributed by atoms with van der Waals surface area (Å²) in [5.41, 5.74) is 2.50. The standard InChI is InChI=1S/C23H20Cl2N2O4S/c1-31-22-9-6-17(24)12-21(22)26-23(28)19-13-18(7-8-20(19)25)32(29,30)27-11-10-15-4-2-3-5-16(15)14-27/h2-9,12-13H,10-11,14H2,1H3,(H,26,28). The van der Waals surface area contributed by atoms with E-state index in [-0.39, 0.29) is 22.0 Å². The van der Waals surface area contributed by atoms with Gasteiger partial charge in [0.1, 0.15) is 5.75 Å². The molecule has 1 aliphatic heterocycles. The molecule has 3 aromatic rings. The van der Waals surface area contributed by atoms with Crippen LogP contribution < -0.4 is 10.1 Å². The second kappa shape index (κ2) is 9.11. The van der Waals surface area contributed by atoms with E-state index < -0.39 is 15.9 Å². The number of amides is 1. The maximum atomic E-state index is 13.3. The molecule has 9 heteroatoms. The lowest BCUT2D eigenvalue weighted by molar-refractivity contribution is 0.102. The average molecular weight is 491 g/mol. The molecule has 0 atom stereocenters. The van der Waals surface area contributed by atoms with Gasteiger partial charge in [0.2, 0.25) is 10.0 Å². The molecular formula is C23H20Cl2N2O4S. The fraction of sp³-hybridized carbons (Fsp3) is 0.174. The molecule has 0 saturated heterocycles. The quantitative estimate of drug-likeness (QED) is 0.545. The van der Waals surface area contributed by atoms with Crippen LogP contribution in [0.4, 0.5) is 5.69 Å². The Morgan fingerprint density at radius 3 is 2.53 bits per heavy atom. The highest BCUT2D eigenvalue weighted by Gasteiger charge is 2.29. The van der Waals surface area contributed by atoms with Gasteiger partial charge in [0.25, 0.3) is 5.91 Å². The first kappa shape index (κ1) is 22.6. The zero-order chi connectivity index (χ0) is 22.9. The minimum absolute atomic E-state index is 0.00416. The van der Waals surface area contributed by atoms with Crippen LogP contribution >= 0.6 is 23.2 Å². The molecule has 1 aliphatic rings. The zero-order valence-electron chi connectivity index (χ0n) is 17.1. The van der Waals surface area contributed by atoms with Crippen LogP contribution in [0.25, 0.3) is 0 Å². The van der Waals surface area contributed by atoms with Gasteiger partial charge in [-0.2, -0.15) is 4.31 Å². The third kappa shape index (κ3) is 4.47. The Bertz CT molecular complexity index is 1290. The second-order valence-electron chi connectivity index (χ2n) is 7.30. The highest BCUT2D eigenvalue weighted by molar-refractivity contribution is 7.89. The fourth-order valence-electron chi connectivity index (χ4n) is 3.63. The summed E-state index contributed by atoms with van der Waals surface area (Å²) in [4.78, 5) is 12.9. The Kier molecular flexibility index (Phi) is 6.44. The molecule has 166 valence electrons. The molecule has 4 rings (SSSR count). The van der Waals surface area contributed by atoms with Gasteiger partial charge in [0.15, 0.2) is 0 Å². The molecular weight excluding hydrogens is 471 g/mol. The van der Waals surface area contributed by atoms with Crippen molar-refractivity contribution in [1.29, 1.82) is 0 Å². The number of methoxy groups -OCH3 is 1.